The van der Waals surface area contributed by atoms with E-state index in [4.69, 9.17) is 5.14 Å². The summed E-state index contributed by atoms with van der Waals surface area (Å²) in [5, 5.41) is 5.03. The van der Waals surface area contributed by atoms with Gasteiger partial charge >= 0.3 is 0 Å². The molecule has 1 aliphatic heterocycles. The molecule has 1 heterocycles. The van der Waals surface area contributed by atoms with Gasteiger partial charge in [-0.3, -0.25) is 0 Å². The molecule has 2 aromatic rings. The van der Waals surface area contributed by atoms with Gasteiger partial charge in [0.1, 0.15) is 5.82 Å². The van der Waals surface area contributed by atoms with Gasteiger partial charge in [-0.15, -0.1) is 0 Å². The van der Waals surface area contributed by atoms with Crippen LogP contribution in [0, 0.1) is 5.82 Å². The SMILES string of the molecule is NS(=O)(=O)c1ccc(S(=O)(=O)N2CCCC2c2ccc(F)cc2)cc1. The van der Waals surface area contributed by atoms with Crippen LogP contribution in [0.4, 0.5) is 4.39 Å². The average molecular weight is 384 g/mol. The molecule has 3 rings (SSSR count). The topological polar surface area (TPSA) is 97.5 Å². The smallest absolute Gasteiger partial charge is 0.225 e. The Hall–Kier alpha value is -1.81. The molecule has 134 valence electrons. The van der Waals surface area contributed by atoms with Crippen molar-refractivity contribution in [3.63, 3.8) is 0 Å². The maximum Gasteiger partial charge on any atom is 0.243 e. The molecular formula is C16H17FN2O4S2. The van der Waals surface area contributed by atoms with Crippen LogP contribution in [0.5, 0.6) is 0 Å². The third kappa shape index (κ3) is 3.59. The Morgan fingerprint density at radius 3 is 2.04 bits per heavy atom. The minimum atomic E-state index is -3.89. The Morgan fingerprint density at radius 2 is 1.48 bits per heavy atom. The lowest BCUT2D eigenvalue weighted by molar-refractivity contribution is 0.396. The first-order chi connectivity index (χ1) is 11.7. The lowest BCUT2D eigenvalue weighted by Crippen LogP contribution is -2.30. The molecule has 0 bridgehead atoms. The first-order valence-electron chi connectivity index (χ1n) is 7.60. The fraction of sp³-hybridized carbons (Fsp3) is 0.250. The Labute approximate surface area is 146 Å². The number of primary sulfonamides is 1. The zero-order valence-corrected chi connectivity index (χ0v) is 14.8. The average Bonchev–Trinajstić information content (AvgIpc) is 3.05. The largest absolute Gasteiger partial charge is 0.243 e. The highest BCUT2D eigenvalue weighted by molar-refractivity contribution is 7.89. The monoisotopic (exact) mass is 384 g/mol. The lowest BCUT2D eigenvalue weighted by Gasteiger charge is -2.24. The van der Waals surface area contributed by atoms with E-state index in [1.165, 1.54) is 40.7 Å². The van der Waals surface area contributed by atoms with E-state index >= 15 is 0 Å². The maximum absolute atomic E-state index is 13.1. The summed E-state index contributed by atoms with van der Waals surface area (Å²) in [6.45, 7) is 0.349. The van der Waals surface area contributed by atoms with Gasteiger partial charge in [0.25, 0.3) is 0 Å². The van der Waals surface area contributed by atoms with Gasteiger partial charge in [0, 0.05) is 6.54 Å². The molecule has 1 saturated heterocycles. The summed E-state index contributed by atoms with van der Waals surface area (Å²) >= 11 is 0. The van der Waals surface area contributed by atoms with E-state index in [1.807, 2.05) is 0 Å². The normalized spacial score (nSPS) is 19.2. The molecule has 0 spiro atoms. The van der Waals surface area contributed by atoms with Gasteiger partial charge in [-0.25, -0.2) is 26.4 Å². The zero-order valence-electron chi connectivity index (χ0n) is 13.2. The molecule has 9 heteroatoms. The molecule has 1 unspecified atom stereocenters. The highest BCUT2D eigenvalue weighted by atomic mass is 32.2. The predicted octanol–water partition coefficient (Wildman–Crippen LogP) is 2.00. The van der Waals surface area contributed by atoms with E-state index in [2.05, 4.69) is 0 Å². The molecule has 1 aliphatic rings. The molecule has 0 radical (unpaired) electrons. The molecule has 1 fully saturated rings. The van der Waals surface area contributed by atoms with E-state index in [9.17, 15) is 21.2 Å². The molecule has 6 nitrogen and oxygen atoms in total. The standard InChI is InChI=1S/C16H17FN2O4S2/c17-13-5-3-12(4-6-13)16-2-1-11-19(16)25(22,23)15-9-7-14(8-10-15)24(18,20)21/h3-10,16H,1-2,11H2,(H2,18,20,21). The predicted molar refractivity (Wildman–Crippen MR) is 90.1 cm³/mol. The molecule has 0 saturated carbocycles. The van der Waals surface area contributed by atoms with Crippen molar-refractivity contribution in [2.75, 3.05) is 6.54 Å². The highest BCUT2D eigenvalue weighted by Gasteiger charge is 2.36. The fourth-order valence-electron chi connectivity index (χ4n) is 2.98. The van der Waals surface area contributed by atoms with Crippen molar-refractivity contribution in [2.24, 2.45) is 5.14 Å². The number of benzene rings is 2. The molecule has 25 heavy (non-hydrogen) atoms. The van der Waals surface area contributed by atoms with Crippen LogP contribution in [0.25, 0.3) is 0 Å². The summed E-state index contributed by atoms with van der Waals surface area (Å²) < 4.78 is 62.9. The van der Waals surface area contributed by atoms with Gasteiger partial charge in [0.2, 0.25) is 20.0 Å². The van der Waals surface area contributed by atoms with Gasteiger partial charge in [-0.05, 0) is 54.8 Å². The van der Waals surface area contributed by atoms with Gasteiger partial charge in [0.05, 0.1) is 15.8 Å². The number of nitrogens with zero attached hydrogens (tertiary/aromatic N) is 1. The van der Waals surface area contributed by atoms with Crippen molar-refractivity contribution in [3.05, 3.63) is 59.9 Å². The van der Waals surface area contributed by atoms with E-state index < -0.39 is 20.0 Å². The second kappa shape index (κ2) is 6.49. The molecule has 0 aliphatic carbocycles. The van der Waals surface area contributed by atoms with Gasteiger partial charge < -0.3 is 0 Å². The summed E-state index contributed by atoms with van der Waals surface area (Å²) in [7, 11) is -7.69. The summed E-state index contributed by atoms with van der Waals surface area (Å²) in [6.07, 6.45) is 1.33. The van der Waals surface area contributed by atoms with Crippen LogP contribution in [-0.2, 0) is 20.0 Å². The maximum atomic E-state index is 13.1. The summed E-state index contributed by atoms with van der Waals surface area (Å²) in [4.78, 5) is -0.156. The Morgan fingerprint density at radius 1 is 0.920 bits per heavy atom. The van der Waals surface area contributed by atoms with Crippen LogP contribution in [-0.4, -0.2) is 27.7 Å². The summed E-state index contributed by atoms with van der Waals surface area (Å²) in [5.74, 6) is -0.380. The number of sulfonamides is 2. The first-order valence-corrected chi connectivity index (χ1v) is 10.6. The van der Waals surface area contributed by atoms with E-state index in [-0.39, 0.29) is 21.7 Å². The fourth-order valence-corrected chi connectivity index (χ4v) is 5.18. The van der Waals surface area contributed by atoms with Crippen LogP contribution in [0.15, 0.2) is 58.3 Å². The summed E-state index contributed by atoms with van der Waals surface area (Å²) in [6, 6.07) is 10.2. The van der Waals surface area contributed by atoms with Crippen molar-refractivity contribution in [3.8, 4) is 0 Å². The van der Waals surface area contributed by atoms with Crippen molar-refractivity contribution in [2.45, 2.75) is 28.7 Å². The van der Waals surface area contributed by atoms with E-state index in [1.54, 1.807) is 12.1 Å². The second-order valence-electron chi connectivity index (χ2n) is 5.84. The number of nitrogens with two attached hydrogens (primary N) is 1. The van der Waals surface area contributed by atoms with Gasteiger partial charge in [-0.1, -0.05) is 12.1 Å². The zero-order chi connectivity index (χ0) is 18.2. The molecule has 1 atom stereocenters. The Kier molecular flexibility index (Phi) is 4.67. The van der Waals surface area contributed by atoms with Crippen LogP contribution in [0.3, 0.4) is 0 Å². The third-order valence-electron chi connectivity index (χ3n) is 4.22. The van der Waals surface area contributed by atoms with Crippen molar-refractivity contribution in [1.82, 2.24) is 4.31 Å². The quantitative estimate of drug-likeness (QED) is 0.872. The van der Waals surface area contributed by atoms with E-state index in [0.717, 1.165) is 5.56 Å². The third-order valence-corrected chi connectivity index (χ3v) is 7.07. The van der Waals surface area contributed by atoms with Gasteiger partial charge in [0.15, 0.2) is 0 Å². The van der Waals surface area contributed by atoms with Crippen LogP contribution < -0.4 is 5.14 Å². The Bertz CT molecular complexity index is 972. The van der Waals surface area contributed by atoms with Crippen LogP contribution in [0.2, 0.25) is 0 Å². The van der Waals surface area contributed by atoms with Crippen molar-refractivity contribution >= 4 is 20.0 Å². The number of hydrogen-bond acceptors (Lipinski definition) is 4. The van der Waals surface area contributed by atoms with Crippen molar-refractivity contribution < 1.29 is 21.2 Å². The van der Waals surface area contributed by atoms with Gasteiger partial charge in [-0.2, -0.15) is 4.31 Å². The number of hydrogen-bond donors (Lipinski definition) is 1. The molecule has 0 amide bonds. The molecule has 0 aromatic heterocycles. The Balaban J connectivity index is 1.94. The van der Waals surface area contributed by atoms with Crippen LogP contribution in [0.1, 0.15) is 24.4 Å². The summed E-state index contributed by atoms with van der Waals surface area (Å²) in [5.41, 5.74) is 0.726. The number of halogens is 1. The minimum absolute atomic E-state index is 0.00564. The van der Waals surface area contributed by atoms with E-state index in [0.29, 0.717) is 19.4 Å². The van der Waals surface area contributed by atoms with Crippen molar-refractivity contribution in [1.29, 1.82) is 0 Å². The lowest BCUT2D eigenvalue weighted by atomic mass is 10.1. The minimum Gasteiger partial charge on any atom is -0.225 e. The molecule has 2 N–H and O–H groups in total. The highest BCUT2D eigenvalue weighted by Crippen LogP contribution is 2.36. The van der Waals surface area contributed by atoms with Crippen LogP contribution >= 0.6 is 0 Å². The number of rotatable bonds is 4. The second-order valence-corrected chi connectivity index (χ2v) is 9.29. The molecular weight excluding hydrogens is 367 g/mol. The molecule has 2 aromatic carbocycles. The first kappa shape index (κ1) is 18.0.